The molecule has 0 spiro atoms. The van der Waals surface area contributed by atoms with Crippen LogP contribution in [0.25, 0.3) is 22.8 Å². The van der Waals surface area contributed by atoms with Crippen LogP contribution >= 0.6 is 0 Å². The number of benzene rings is 2. The molecule has 4 rings (SSSR count). The molecule has 0 aliphatic heterocycles. The highest BCUT2D eigenvalue weighted by molar-refractivity contribution is 5.56. The fourth-order valence-corrected chi connectivity index (χ4v) is 2.90. The first-order chi connectivity index (χ1) is 13.6. The normalized spacial score (nSPS) is 10.8. The van der Waals surface area contributed by atoms with Gasteiger partial charge in [0.2, 0.25) is 0 Å². The molecule has 0 fully saturated rings. The molecule has 8 heteroatoms. The van der Waals surface area contributed by atoms with Crippen molar-refractivity contribution in [1.29, 1.82) is 0 Å². The first kappa shape index (κ1) is 17.5. The maximum Gasteiger partial charge on any atom is 0.351 e. The molecule has 0 N–H and O–H groups in total. The van der Waals surface area contributed by atoms with Crippen molar-refractivity contribution in [3.05, 3.63) is 87.7 Å². The molecule has 140 valence electrons. The number of aromatic nitrogens is 5. The smallest absolute Gasteiger partial charge is 0.351 e. The predicted octanol–water partition coefficient (Wildman–Crippen LogP) is 1.79. The van der Waals surface area contributed by atoms with Crippen molar-refractivity contribution >= 4 is 0 Å². The summed E-state index contributed by atoms with van der Waals surface area (Å²) in [6, 6.07) is 18.0. The highest BCUT2D eigenvalue weighted by Gasteiger charge is 2.18. The van der Waals surface area contributed by atoms with Crippen LogP contribution in [0.3, 0.4) is 0 Å². The molecule has 0 saturated carbocycles. The maximum atomic E-state index is 12.8. The maximum absolute atomic E-state index is 12.8. The zero-order chi connectivity index (χ0) is 19.7. The SMILES string of the molecule is COc1cccc(-n2nc(-c3ccnn3-c3ccccc3)c(=O)n(C)c2=O)c1. The molecule has 0 aliphatic carbocycles. The molecule has 4 aromatic rings. The van der Waals surface area contributed by atoms with Gasteiger partial charge in [-0.1, -0.05) is 24.3 Å². The van der Waals surface area contributed by atoms with Crippen LogP contribution < -0.4 is 16.0 Å². The van der Waals surface area contributed by atoms with Crippen LogP contribution in [0.2, 0.25) is 0 Å². The van der Waals surface area contributed by atoms with Gasteiger partial charge < -0.3 is 4.74 Å². The van der Waals surface area contributed by atoms with Crippen molar-refractivity contribution in [2.75, 3.05) is 7.11 Å². The van der Waals surface area contributed by atoms with E-state index >= 15 is 0 Å². The molecule has 0 aliphatic rings. The predicted molar refractivity (Wildman–Crippen MR) is 104 cm³/mol. The third kappa shape index (κ3) is 2.90. The van der Waals surface area contributed by atoms with Gasteiger partial charge in [0.05, 0.1) is 24.7 Å². The molecule has 0 amide bonds. The van der Waals surface area contributed by atoms with Crippen molar-refractivity contribution < 1.29 is 4.74 Å². The van der Waals surface area contributed by atoms with E-state index in [1.165, 1.54) is 11.7 Å². The summed E-state index contributed by atoms with van der Waals surface area (Å²) in [4.78, 5) is 25.5. The van der Waals surface area contributed by atoms with Crippen molar-refractivity contribution in [2.24, 2.45) is 7.05 Å². The fourth-order valence-electron chi connectivity index (χ4n) is 2.90. The van der Waals surface area contributed by atoms with E-state index in [1.54, 1.807) is 48.3 Å². The van der Waals surface area contributed by atoms with Gasteiger partial charge in [-0.3, -0.25) is 9.36 Å². The van der Waals surface area contributed by atoms with E-state index in [0.717, 1.165) is 10.3 Å². The minimum Gasteiger partial charge on any atom is -0.497 e. The lowest BCUT2D eigenvalue weighted by molar-refractivity contribution is 0.414. The number of hydrogen-bond donors (Lipinski definition) is 0. The molecular weight excluding hydrogens is 358 g/mol. The molecule has 8 nitrogen and oxygen atoms in total. The quantitative estimate of drug-likeness (QED) is 0.543. The fraction of sp³-hybridized carbons (Fsp3) is 0.100. The Morgan fingerprint density at radius 3 is 2.39 bits per heavy atom. The van der Waals surface area contributed by atoms with E-state index in [1.807, 2.05) is 30.3 Å². The second-order valence-electron chi connectivity index (χ2n) is 6.07. The summed E-state index contributed by atoms with van der Waals surface area (Å²) in [5.41, 5.74) is 0.835. The number of ether oxygens (including phenoxy) is 1. The number of rotatable bonds is 4. The second kappa shape index (κ2) is 6.99. The summed E-state index contributed by atoms with van der Waals surface area (Å²) in [6.07, 6.45) is 1.59. The third-order valence-electron chi connectivity index (χ3n) is 4.36. The van der Waals surface area contributed by atoms with Gasteiger partial charge >= 0.3 is 5.69 Å². The zero-order valence-electron chi connectivity index (χ0n) is 15.3. The van der Waals surface area contributed by atoms with Crippen LogP contribution in [0.1, 0.15) is 0 Å². The van der Waals surface area contributed by atoms with Crippen LogP contribution in [0, 0.1) is 0 Å². The largest absolute Gasteiger partial charge is 0.497 e. The minimum atomic E-state index is -0.548. The molecule has 28 heavy (non-hydrogen) atoms. The Balaban J connectivity index is 1.96. The molecule has 2 aromatic heterocycles. The van der Waals surface area contributed by atoms with Crippen LogP contribution in [0.4, 0.5) is 0 Å². The highest BCUT2D eigenvalue weighted by atomic mass is 16.5. The Morgan fingerprint density at radius 1 is 0.893 bits per heavy atom. The number of methoxy groups -OCH3 is 1. The minimum absolute atomic E-state index is 0.117. The summed E-state index contributed by atoms with van der Waals surface area (Å²) in [6.45, 7) is 0. The Labute approximate surface area is 159 Å². The average Bonchev–Trinajstić information content (AvgIpc) is 3.22. The van der Waals surface area contributed by atoms with Crippen molar-refractivity contribution in [3.63, 3.8) is 0 Å². The lowest BCUT2D eigenvalue weighted by atomic mass is 10.2. The van der Waals surface area contributed by atoms with Crippen molar-refractivity contribution in [2.45, 2.75) is 0 Å². The van der Waals surface area contributed by atoms with E-state index in [2.05, 4.69) is 10.2 Å². The monoisotopic (exact) mass is 375 g/mol. The molecule has 0 unspecified atom stereocenters. The third-order valence-corrected chi connectivity index (χ3v) is 4.36. The Kier molecular flexibility index (Phi) is 4.36. The molecule has 2 aromatic carbocycles. The Hall–Kier alpha value is -3.94. The molecule has 0 saturated heterocycles. The van der Waals surface area contributed by atoms with Gasteiger partial charge in [-0.05, 0) is 30.3 Å². The summed E-state index contributed by atoms with van der Waals surface area (Å²) < 4.78 is 9.05. The summed E-state index contributed by atoms with van der Waals surface area (Å²) in [5, 5.41) is 8.67. The van der Waals surface area contributed by atoms with Crippen LogP contribution in [-0.4, -0.2) is 31.2 Å². The topological polar surface area (TPSA) is 83.9 Å². The number of hydrogen-bond acceptors (Lipinski definition) is 5. The molecule has 0 bridgehead atoms. The first-order valence-corrected chi connectivity index (χ1v) is 8.55. The number of para-hydroxylation sites is 1. The van der Waals surface area contributed by atoms with Gasteiger partial charge in [-0.2, -0.15) is 14.9 Å². The van der Waals surface area contributed by atoms with Gasteiger partial charge in [-0.15, -0.1) is 0 Å². The lowest BCUT2D eigenvalue weighted by Crippen LogP contribution is -2.40. The van der Waals surface area contributed by atoms with Gasteiger partial charge in [0.15, 0.2) is 5.69 Å². The number of nitrogens with zero attached hydrogens (tertiary/aromatic N) is 5. The van der Waals surface area contributed by atoms with Crippen molar-refractivity contribution in [3.8, 4) is 28.5 Å². The van der Waals surface area contributed by atoms with E-state index in [4.69, 9.17) is 4.74 Å². The van der Waals surface area contributed by atoms with Gasteiger partial charge in [-0.25, -0.2) is 9.48 Å². The standard InChI is InChI=1S/C20H17N5O3/c1-23-19(26)18(17-11-12-21-24(17)14-7-4-3-5-8-14)22-25(20(23)27)15-9-6-10-16(13-15)28-2/h3-13H,1-2H3. The average molecular weight is 375 g/mol. The Bertz CT molecular complexity index is 1250. The van der Waals surface area contributed by atoms with E-state index in [0.29, 0.717) is 17.1 Å². The summed E-state index contributed by atoms with van der Waals surface area (Å²) in [7, 11) is 2.97. The first-order valence-electron chi connectivity index (χ1n) is 8.55. The van der Waals surface area contributed by atoms with E-state index < -0.39 is 11.2 Å². The highest BCUT2D eigenvalue weighted by Crippen LogP contribution is 2.19. The molecule has 0 radical (unpaired) electrons. The van der Waals surface area contributed by atoms with Gasteiger partial charge in [0, 0.05) is 13.1 Å². The van der Waals surface area contributed by atoms with E-state index in [-0.39, 0.29) is 5.69 Å². The summed E-state index contributed by atoms with van der Waals surface area (Å²) in [5.74, 6) is 0.580. The molecule has 2 heterocycles. The van der Waals surface area contributed by atoms with Gasteiger partial charge in [0.1, 0.15) is 11.4 Å². The molecular formula is C20H17N5O3. The van der Waals surface area contributed by atoms with Crippen molar-refractivity contribution in [1.82, 2.24) is 24.1 Å². The lowest BCUT2D eigenvalue weighted by Gasteiger charge is -2.11. The molecule has 0 atom stereocenters. The van der Waals surface area contributed by atoms with Crippen LogP contribution in [0.5, 0.6) is 5.75 Å². The van der Waals surface area contributed by atoms with Gasteiger partial charge in [0.25, 0.3) is 5.56 Å². The zero-order valence-corrected chi connectivity index (χ0v) is 15.3. The van der Waals surface area contributed by atoms with Crippen LogP contribution in [-0.2, 0) is 7.05 Å². The van der Waals surface area contributed by atoms with Crippen LogP contribution in [0.15, 0.2) is 76.4 Å². The van der Waals surface area contributed by atoms with E-state index in [9.17, 15) is 9.59 Å². The Morgan fingerprint density at radius 2 is 1.64 bits per heavy atom. The second-order valence-corrected chi connectivity index (χ2v) is 6.07. The summed E-state index contributed by atoms with van der Waals surface area (Å²) >= 11 is 0.